The number of rotatable bonds is 4. The summed E-state index contributed by atoms with van der Waals surface area (Å²) >= 11 is 2.93. The molecule has 0 heterocycles. The van der Waals surface area contributed by atoms with Crippen molar-refractivity contribution < 1.29 is 28.6 Å². The average molecular weight is 321 g/mol. The summed E-state index contributed by atoms with van der Waals surface area (Å²) in [6, 6.07) is 1.19. The van der Waals surface area contributed by atoms with Crippen molar-refractivity contribution in [2.75, 3.05) is 13.7 Å². The predicted molar refractivity (Wildman–Crippen MR) is 63.3 cm³/mol. The van der Waals surface area contributed by atoms with Crippen LogP contribution >= 0.6 is 15.9 Å². The van der Waals surface area contributed by atoms with Gasteiger partial charge in [0.25, 0.3) is 5.78 Å². The molecule has 0 saturated carbocycles. The van der Waals surface area contributed by atoms with Gasteiger partial charge in [0.2, 0.25) is 0 Å². The predicted octanol–water partition coefficient (Wildman–Crippen LogP) is 2.05. The zero-order valence-corrected chi connectivity index (χ0v) is 11.2. The van der Waals surface area contributed by atoms with Gasteiger partial charge < -0.3 is 14.6 Å². The van der Waals surface area contributed by atoms with Crippen LogP contribution in [0.25, 0.3) is 0 Å². The molecule has 0 saturated heterocycles. The summed E-state index contributed by atoms with van der Waals surface area (Å²) in [4.78, 5) is 22.9. The van der Waals surface area contributed by atoms with Crippen LogP contribution in [-0.2, 0) is 9.53 Å². The van der Waals surface area contributed by atoms with Gasteiger partial charge in [-0.05, 0) is 28.9 Å². The van der Waals surface area contributed by atoms with Crippen LogP contribution in [0, 0.1) is 5.82 Å². The monoisotopic (exact) mass is 320 g/mol. The number of ether oxygens (including phenoxy) is 2. The summed E-state index contributed by atoms with van der Waals surface area (Å²) in [5.74, 6) is -4.60. The zero-order chi connectivity index (χ0) is 13.9. The highest BCUT2D eigenvalue weighted by molar-refractivity contribution is 9.10. The molecule has 1 rings (SSSR count). The topological polar surface area (TPSA) is 72.8 Å². The summed E-state index contributed by atoms with van der Waals surface area (Å²) < 4.78 is 22.9. The first-order chi connectivity index (χ1) is 8.43. The van der Waals surface area contributed by atoms with Crippen LogP contribution in [0.1, 0.15) is 17.3 Å². The van der Waals surface area contributed by atoms with Gasteiger partial charge in [-0.15, -0.1) is 0 Å². The summed E-state index contributed by atoms with van der Waals surface area (Å²) in [7, 11) is 1.23. The third-order valence-corrected chi connectivity index (χ3v) is 2.69. The molecule has 0 amide bonds. The Hall–Kier alpha value is -1.63. The first-order valence-corrected chi connectivity index (χ1v) is 5.69. The molecule has 0 spiro atoms. The molecule has 0 aromatic heterocycles. The van der Waals surface area contributed by atoms with Crippen LogP contribution in [0.2, 0.25) is 0 Å². The number of hydrogen-bond acceptors (Lipinski definition) is 5. The van der Waals surface area contributed by atoms with Gasteiger partial charge in [-0.1, -0.05) is 0 Å². The van der Waals surface area contributed by atoms with Crippen molar-refractivity contribution in [3.05, 3.63) is 21.9 Å². The molecule has 0 bridgehead atoms. The molecule has 18 heavy (non-hydrogen) atoms. The minimum absolute atomic E-state index is 0.00676. The van der Waals surface area contributed by atoms with Gasteiger partial charge in [0.1, 0.15) is 0 Å². The third kappa shape index (κ3) is 2.61. The molecular formula is C11H10BrFO5. The van der Waals surface area contributed by atoms with Crippen molar-refractivity contribution in [3.8, 4) is 11.5 Å². The number of hydrogen-bond donors (Lipinski definition) is 1. The lowest BCUT2D eigenvalue weighted by atomic mass is 10.1. The van der Waals surface area contributed by atoms with Crippen LogP contribution in [0.4, 0.5) is 4.39 Å². The Kier molecular flexibility index (Phi) is 4.66. The number of carbonyl (C=O) groups excluding carboxylic acids is 2. The van der Waals surface area contributed by atoms with Crippen molar-refractivity contribution in [1.82, 2.24) is 0 Å². The highest BCUT2D eigenvalue weighted by Gasteiger charge is 2.28. The molecule has 98 valence electrons. The Morgan fingerprint density at radius 2 is 2.11 bits per heavy atom. The van der Waals surface area contributed by atoms with Crippen LogP contribution in [0.5, 0.6) is 11.5 Å². The maximum Gasteiger partial charge on any atom is 0.379 e. The highest BCUT2D eigenvalue weighted by Crippen LogP contribution is 2.36. The number of phenolic OH excluding ortho intramolecular Hbond substituents is 1. The number of benzene rings is 1. The lowest BCUT2D eigenvalue weighted by Crippen LogP contribution is -2.19. The SMILES string of the molecule is CCOC(=O)C(=O)c1c(Br)cc(OC)c(O)c1F. The lowest BCUT2D eigenvalue weighted by Gasteiger charge is -2.09. The number of halogens is 2. The first-order valence-electron chi connectivity index (χ1n) is 4.90. The van der Waals surface area contributed by atoms with E-state index in [0.29, 0.717) is 0 Å². The maximum absolute atomic E-state index is 13.8. The van der Waals surface area contributed by atoms with Gasteiger partial charge in [-0.2, -0.15) is 0 Å². The van der Waals surface area contributed by atoms with E-state index in [9.17, 15) is 19.1 Å². The van der Waals surface area contributed by atoms with Crippen LogP contribution in [-0.4, -0.2) is 30.6 Å². The van der Waals surface area contributed by atoms with Crippen LogP contribution in [0.15, 0.2) is 10.5 Å². The molecule has 7 heteroatoms. The van der Waals surface area contributed by atoms with E-state index in [1.807, 2.05) is 0 Å². The molecule has 0 aliphatic rings. The second kappa shape index (κ2) is 5.81. The van der Waals surface area contributed by atoms with Gasteiger partial charge in [0.05, 0.1) is 19.3 Å². The molecule has 1 aromatic carbocycles. The zero-order valence-electron chi connectivity index (χ0n) is 9.62. The molecule has 0 unspecified atom stereocenters. The fourth-order valence-corrected chi connectivity index (χ4v) is 1.81. The fraction of sp³-hybridized carbons (Fsp3) is 0.273. The van der Waals surface area contributed by atoms with Crippen molar-refractivity contribution in [2.24, 2.45) is 0 Å². The lowest BCUT2D eigenvalue weighted by molar-refractivity contribution is -0.137. The molecule has 0 aliphatic carbocycles. The Morgan fingerprint density at radius 3 is 2.61 bits per heavy atom. The number of aromatic hydroxyl groups is 1. The number of methoxy groups -OCH3 is 1. The summed E-state index contributed by atoms with van der Waals surface area (Å²) in [5.41, 5.74) is -0.591. The minimum atomic E-state index is -1.24. The van der Waals surface area contributed by atoms with Crippen LogP contribution in [0.3, 0.4) is 0 Å². The Bertz CT molecular complexity index is 501. The van der Waals surface area contributed by atoms with E-state index >= 15 is 0 Å². The maximum atomic E-state index is 13.8. The largest absolute Gasteiger partial charge is 0.502 e. The Labute approximate surface area is 111 Å². The summed E-state index contributed by atoms with van der Waals surface area (Å²) in [6.07, 6.45) is 0. The van der Waals surface area contributed by atoms with E-state index < -0.39 is 28.9 Å². The van der Waals surface area contributed by atoms with E-state index in [1.165, 1.54) is 20.1 Å². The van der Waals surface area contributed by atoms with Crippen molar-refractivity contribution >= 4 is 27.7 Å². The van der Waals surface area contributed by atoms with E-state index in [4.69, 9.17) is 4.74 Å². The van der Waals surface area contributed by atoms with Crippen molar-refractivity contribution in [2.45, 2.75) is 6.92 Å². The molecule has 1 N–H and O–H groups in total. The van der Waals surface area contributed by atoms with E-state index in [1.54, 1.807) is 0 Å². The summed E-state index contributed by atoms with van der Waals surface area (Å²) in [6.45, 7) is 1.51. The molecular weight excluding hydrogens is 311 g/mol. The third-order valence-electron chi connectivity index (χ3n) is 2.07. The number of phenols is 1. The minimum Gasteiger partial charge on any atom is -0.502 e. The quantitative estimate of drug-likeness (QED) is 0.522. The first kappa shape index (κ1) is 14.4. The number of ketones is 1. The van der Waals surface area contributed by atoms with Gasteiger partial charge in [0.15, 0.2) is 17.3 Å². The molecule has 5 nitrogen and oxygen atoms in total. The smallest absolute Gasteiger partial charge is 0.379 e. The van der Waals surface area contributed by atoms with Crippen molar-refractivity contribution in [3.63, 3.8) is 0 Å². The van der Waals surface area contributed by atoms with E-state index in [2.05, 4.69) is 20.7 Å². The number of carbonyl (C=O) groups is 2. The molecule has 0 fully saturated rings. The van der Waals surface area contributed by atoms with Gasteiger partial charge >= 0.3 is 5.97 Å². The number of Topliss-reactive ketones (excluding diaryl/α,β-unsaturated/α-hetero) is 1. The fourth-order valence-electron chi connectivity index (χ4n) is 1.25. The van der Waals surface area contributed by atoms with Crippen LogP contribution < -0.4 is 4.74 Å². The highest BCUT2D eigenvalue weighted by atomic mass is 79.9. The standard InChI is InChI=1S/C11H10BrFO5/c1-3-18-11(16)10(15)7-5(12)4-6(17-2)9(14)8(7)13/h4,14H,3H2,1-2H3. The second-order valence-corrected chi connectivity index (χ2v) is 4.00. The molecule has 0 radical (unpaired) electrons. The van der Waals surface area contributed by atoms with E-state index in [0.717, 1.165) is 0 Å². The number of esters is 1. The van der Waals surface area contributed by atoms with Gasteiger partial charge in [0, 0.05) is 4.47 Å². The van der Waals surface area contributed by atoms with Crippen molar-refractivity contribution in [1.29, 1.82) is 0 Å². The van der Waals surface area contributed by atoms with Gasteiger partial charge in [-0.3, -0.25) is 4.79 Å². The van der Waals surface area contributed by atoms with E-state index in [-0.39, 0.29) is 16.8 Å². The summed E-state index contributed by atoms with van der Waals surface area (Å²) in [5, 5.41) is 9.44. The average Bonchev–Trinajstić information content (AvgIpc) is 2.34. The Morgan fingerprint density at radius 1 is 1.50 bits per heavy atom. The molecule has 0 atom stereocenters. The molecule has 0 aliphatic heterocycles. The normalized spacial score (nSPS) is 10.0. The van der Waals surface area contributed by atoms with Gasteiger partial charge in [-0.25, -0.2) is 9.18 Å². The Balaban J connectivity index is 3.30. The second-order valence-electron chi connectivity index (χ2n) is 3.15. The molecule has 1 aromatic rings.